The molecule has 2 saturated heterocycles. The lowest BCUT2D eigenvalue weighted by molar-refractivity contribution is 0.174. The zero-order chi connectivity index (χ0) is 28.2. The molecule has 2 aliphatic rings. The predicted molar refractivity (Wildman–Crippen MR) is 162 cm³/mol. The molecule has 2 fully saturated rings. The van der Waals surface area contributed by atoms with Crippen LogP contribution in [0.5, 0.6) is 0 Å². The number of rotatable bonds is 10. The van der Waals surface area contributed by atoms with Crippen molar-refractivity contribution in [1.82, 2.24) is 24.8 Å². The molecule has 10 nitrogen and oxygen atoms in total. The van der Waals surface area contributed by atoms with E-state index in [9.17, 15) is 9.90 Å². The molecular weight excluding hydrogens is 524 g/mol. The molecule has 0 amide bonds. The minimum Gasteiger partial charge on any atom is -0.392 e. The van der Waals surface area contributed by atoms with Crippen LogP contribution in [0.2, 0.25) is 0 Å². The van der Waals surface area contributed by atoms with E-state index in [1.807, 2.05) is 25.3 Å². The maximum absolute atomic E-state index is 13.0. The maximum Gasteiger partial charge on any atom is 0.354 e. The number of aromatic amines is 1. The summed E-state index contributed by atoms with van der Waals surface area (Å²) in [5.41, 5.74) is 14.6. The first kappa shape index (κ1) is 28.8. The minimum atomic E-state index is -0.369. The van der Waals surface area contributed by atoms with Crippen molar-refractivity contribution in [1.29, 1.82) is 5.41 Å². The Morgan fingerprint density at radius 1 is 1.30 bits per heavy atom. The number of nitrogens with one attached hydrogen (secondary N) is 3. The molecule has 3 aromatic rings. The zero-order valence-electron chi connectivity index (χ0n) is 23.2. The Hall–Kier alpha value is -2.70. The summed E-state index contributed by atoms with van der Waals surface area (Å²) < 4.78 is 1.60. The molecule has 0 radical (unpaired) electrons. The number of nitrogens with zero attached hydrogens (tertiary/aromatic N) is 3. The van der Waals surface area contributed by atoms with Gasteiger partial charge in [0, 0.05) is 47.7 Å². The van der Waals surface area contributed by atoms with Gasteiger partial charge in [-0.05, 0) is 75.8 Å². The van der Waals surface area contributed by atoms with Gasteiger partial charge in [-0.25, -0.2) is 4.79 Å². The molecule has 1 aromatic carbocycles. The van der Waals surface area contributed by atoms with Gasteiger partial charge in [0.05, 0.1) is 17.8 Å². The molecule has 1 unspecified atom stereocenters. The number of aliphatic hydroxyl groups is 1. The van der Waals surface area contributed by atoms with Crippen LogP contribution in [0.1, 0.15) is 75.2 Å². The maximum atomic E-state index is 13.0. The molecule has 11 heteroatoms. The average molecular weight is 567 g/mol. The Bertz CT molecular complexity index is 1350. The molecule has 0 saturated carbocycles. The molecule has 2 aromatic heterocycles. The first-order valence-corrected chi connectivity index (χ1v) is 15.4. The largest absolute Gasteiger partial charge is 0.392 e. The highest BCUT2D eigenvalue weighted by Gasteiger charge is 2.33. The number of hydrogen-bond donors (Lipinski definition) is 6. The van der Waals surface area contributed by atoms with Crippen molar-refractivity contribution in [3.63, 3.8) is 0 Å². The second-order valence-electron chi connectivity index (χ2n) is 11.4. The molecule has 0 bridgehead atoms. The highest BCUT2D eigenvalue weighted by atomic mass is 32.2. The second kappa shape index (κ2) is 12.9. The van der Waals surface area contributed by atoms with Crippen molar-refractivity contribution in [2.75, 3.05) is 18.8 Å². The summed E-state index contributed by atoms with van der Waals surface area (Å²) in [6, 6.07) is 11.2. The molecule has 2 aliphatic heterocycles. The molecule has 0 spiro atoms. The number of hydrogen-bond acceptors (Lipinski definition) is 8. The van der Waals surface area contributed by atoms with Gasteiger partial charge < -0.3 is 26.9 Å². The lowest BCUT2D eigenvalue weighted by Crippen LogP contribution is -2.37. The lowest BCUT2D eigenvalue weighted by Gasteiger charge is -2.31. The van der Waals surface area contributed by atoms with Crippen molar-refractivity contribution in [2.45, 2.75) is 82.1 Å². The van der Waals surface area contributed by atoms with Crippen molar-refractivity contribution in [3.8, 4) is 5.69 Å². The number of thioether (sulfide) groups is 1. The smallest absolute Gasteiger partial charge is 0.354 e. The van der Waals surface area contributed by atoms with E-state index < -0.39 is 0 Å². The molecule has 4 heterocycles. The fourth-order valence-electron chi connectivity index (χ4n) is 6.13. The van der Waals surface area contributed by atoms with Crippen LogP contribution in [0.3, 0.4) is 0 Å². The van der Waals surface area contributed by atoms with Gasteiger partial charge in [0.25, 0.3) is 0 Å². The molecule has 5 atom stereocenters. The van der Waals surface area contributed by atoms with Crippen LogP contribution in [0.4, 0.5) is 0 Å². The van der Waals surface area contributed by atoms with E-state index >= 15 is 0 Å². The van der Waals surface area contributed by atoms with E-state index in [-0.39, 0.29) is 35.1 Å². The number of β-amino-alcohol motifs (C(OH)–C–C–N with tert-alkyl or cyclic N) is 1. The van der Waals surface area contributed by atoms with Crippen molar-refractivity contribution < 1.29 is 5.11 Å². The summed E-state index contributed by atoms with van der Waals surface area (Å²) >= 11 is 1.40. The van der Waals surface area contributed by atoms with Crippen molar-refractivity contribution in [3.05, 3.63) is 58.3 Å². The first-order chi connectivity index (χ1) is 19.3. The van der Waals surface area contributed by atoms with Crippen LogP contribution >= 0.6 is 11.8 Å². The van der Waals surface area contributed by atoms with Gasteiger partial charge in [-0.15, -0.1) is 0 Å². The van der Waals surface area contributed by atoms with Crippen LogP contribution in [-0.2, 0) is 0 Å². The molecule has 40 heavy (non-hydrogen) atoms. The number of H-pyrrole nitrogens is 1. The third kappa shape index (κ3) is 6.95. The zero-order valence-corrected chi connectivity index (χ0v) is 24.0. The van der Waals surface area contributed by atoms with Gasteiger partial charge in [0.1, 0.15) is 5.65 Å². The van der Waals surface area contributed by atoms with Gasteiger partial charge in [-0.3, -0.25) is 14.9 Å². The number of aromatic nitrogens is 3. The van der Waals surface area contributed by atoms with E-state index in [2.05, 4.69) is 38.4 Å². The number of nitrogens with two attached hydrogens (primary N) is 2. The van der Waals surface area contributed by atoms with E-state index in [1.165, 1.54) is 17.3 Å². The normalized spacial score (nSPS) is 24.5. The quantitative estimate of drug-likeness (QED) is 0.161. The highest BCUT2D eigenvalue weighted by Crippen LogP contribution is 2.33. The van der Waals surface area contributed by atoms with E-state index in [0.29, 0.717) is 24.7 Å². The van der Waals surface area contributed by atoms with Gasteiger partial charge in [0.2, 0.25) is 0 Å². The standard InChI is InChI=1S/C29H42N8O2S/c1-18(30)4-3-12-36-17-23(38)15-26(36)25-14-20-16-37(29(39)35-27(20)34-25)22-9-7-19(8-10-22)24-6-2-5-21(33-24)11-13-40-28(31)32/h7-10,14,16,18,21,23-24,26,33,38H,2-6,11-13,15,17,30H2,1H3,(H3,31,32)(H,34,35,39)/t18-,21+,23+,24+,26?/m1/s1. The summed E-state index contributed by atoms with van der Waals surface area (Å²) in [6.45, 7) is 3.53. The van der Waals surface area contributed by atoms with E-state index in [4.69, 9.17) is 16.9 Å². The van der Waals surface area contributed by atoms with Gasteiger partial charge in [-0.2, -0.15) is 4.98 Å². The SMILES string of the molecule is C[C@@H](N)CCCN1C[C@@H](O)CC1c1cc2cn(-c3ccc([C@@H]4CCC[C@@H](CCSC(=N)N)N4)cc3)c(=O)nc2[nH]1. The van der Waals surface area contributed by atoms with Crippen molar-refractivity contribution in [2.24, 2.45) is 11.5 Å². The monoisotopic (exact) mass is 566 g/mol. The predicted octanol–water partition coefficient (Wildman–Crippen LogP) is 3.15. The second-order valence-corrected chi connectivity index (χ2v) is 12.5. The van der Waals surface area contributed by atoms with Gasteiger partial charge in [-0.1, -0.05) is 30.3 Å². The summed E-state index contributed by atoms with van der Waals surface area (Å²) in [5.74, 6) is 0.852. The van der Waals surface area contributed by atoms with E-state index in [0.717, 1.165) is 67.6 Å². The Kier molecular flexibility index (Phi) is 9.27. The average Bonchev–Trinajstić information content (AvgIpc) is 3.50. The Morgan fingerprint density at radius 2 is 2.10 bits per heavy atom. The molecule has 216 valence electrons. The van der Waals surface area contributed by atoms with E-state index in [1.54, 1.807) is 4.57 Å². The fraction of sp³-hybridized carbons (Fsp3) is 0.552. The third-order valence-electron chi connectivity index (χ3n) is 8.15. The minimum absolute atomic E-state index is 0.0630. The van der Waals surface area contributed by atoms with Crippen LogP contribution in [0, 0.1) is 5.41 Å². The number of amidine groups is 1. The summed E-state index contributed by atoms with van der Waals surface area (Å²) in [5, 5.41) is 22.6. The van der Waals surface area contributed by atoms with Crippen LogP contribution in [0.25, 0.3) is 16.7 Å². The van der Waals surface area contributed by atoms with Crippen molar-refractivity contribution >= 4 is 28.0 Å². The summed E-state index contributed by atoms with van der Waals surface area (Å²) in [4.78, 5) is 23.0. The summed E-state index contributed by atoms with van der Waals surface area (Å²) in [6.07, 6.45) is 8.43. The molecule has 8 N–H and O–H groups in total. The molecule has 5 rings (SSSR count). The lowest BCUT2D eigenvalue weighted by atomic mass is 9.92. The number of likely N-dealkylation sites (tertiary alicyclic amines) is 1. The molecular formula is C29H42N8O2S. The number of benzene rings is 1. The Balaban J connectivity index is 1.29. The summed E-state index contributed by atoms with van der Waals surface area (Å²) in [7, 11) is 0. The number of piperidine rings is 1. The van der Waals surface area contributed by atoms with Crippen LogP contribution in [-0.4, -0.2) is 66.7 Å². The van der Waals surface area contributed by atoms with Gasteiger partial charge >= 0.3 is 5.69 Å². The van der Waals surface area contributed by atoms with Gasteiger partial charge in [0.15, 0.2) is 5.17 Å². The highest BCUT2D eigenvalue weighted by molar-refractivity contribution is 8.13. The molecule has 0 aliphatic carbocycles. The van der Waals surface area contributed by atoms with Crippen LogP contribution in [0.15, 0.2) is 41.3 Å². The third-order valence-corrected chi connectivity index (χ3v) is 8.90. The first-order valence-electron chi connectivity index (χ1n) is 14.4. The Labute approximate surface area is 239 Å². The number of aliphatic hydroxyl groups excluding tert-OH is 1. The number of fused-ring (bicyclic) bond motifs is 1. The topological polar surface area (TPSA) is 162 Å². The fourth-order valence-corrected chi connectivity index (χ4v) is 6.76. The Morgan fingerprint density at radius 3 is 2.85 bits per heavy atom. The van der Waals surface area contributed by atoms with Crippen LogP contribution < -0.4 is 22.5 Å².